The van der Waals surface area contributed by atoms with Gasteiger partial charge in [-0.2, -0.15) is 0 Å². The summed E-state index contributed by atoms with van der Waals surface area (Å²) in [6, 6.07) is 10.3. The van der Waals surface area contributed by atoms with Gasteiger partial charge in [0.1, 0.15) is 11.5 Å². The minimum atomic E-state index is -0.422. The number of methoxy groups -OCH3 is 2. The van der Waals surface area contributed by atoms with E-state index in [0.29, 0.717) is 41.1 Å². The molecule has 6 nitrogen and oxygen atoms in total. The summed E-state index contributed by atoms with van der Waals surface area (Å²) in [5.41, 5.74) is 1.22. The molecule has 0 unspecified atom stereocenters. The fourth-order valence-corrected chi connectivity index (χ4v) is 4.61. The number of ether oxygens (including phenoxy) is 2. The largest absolute Gasteiger partial charge is 0.497 e. The third-order valence-electron chi connectivity index (χ3n) is 5.97. The van der Waals surface area contributed by atoms with Crippen molar-refractivity contribution in [3.63, 3.8) is 0 Å². The molecule has 1 aliphatic rings. The number of carbonyl (C=O) groups excluding carboxylic acids is 2. The summed E-state index contributed by atoms with van der Waals surface area (Å²) < 4.78 is 10.9. The van der Waals surface area contributed by atoms with Crippen molar-refractivity contribution in [2.45, 2.75) is 26.2 Å². The maximum Gasteiger partial charge on any atom is 0.255 e. The molecule has 178 valence electrons. The van der Waals surface area contributed by atoms with E-state index in [2.05, 4.69) is 19.2 Å². The fraction of sp³-hybridized carbons (Fsp3) is 0.440. The Balaban J connectivity index is 1.91. The molecule has 0 aromatic heterocycles. The predicted molar refractivity (Wildman–Crippen MR) is 131 cm³/mol. The summed E-state index contributed by atoms with van der Waals surface area (Å²) in [7, 11) is 3.17. The van der Waals surface area contributed by atoms with Crippen molar-refractivity contribution >= 4 is 35.0 Å². The van der Waals surface area contributed by atoms with Crippen molar-refractivity contribution in [1.82, 2.24) is 10.2 Å². The molecule has 1 heterocycles. The van der Waals surface area contributed by atoms with Gasteiger partial charge in [-0.25, -0.2) is 0 Å². The van der Waals surface area contributed by atoms with Crippen molar-refractivity contribution in [3.05, 3.63) is 57.6 Å². The zero-order chi connectivity index (χ0) is 24.1. The van der Waals surface area contributed by atoms with Crippen LogP contribution in [0, 0.1) is 11.8 Å². The summed E-state index contributed by atoms with van der Waals surface area (Å²) in [4.78, 5) is 28.2. The quantitative estimate of drug-likeness (QED) is 0.560. The van der Waals surface area contributed by atoms with Crippen molar-refractivity contribution in [3.8, 4) is 11.5 Å². The highest BCUT2D eigenvalue weighted by atomic mass is 35.5. The molecule has 2 amide bonds. The van der Waals surface area contributed by atoms with Crippen LogP contribution in [-0.2, 0) is 4.79 Å². The van der Waals surface area contributed by atoms with Crippen molar-refractivity contribution in [2.75, 3.05) is 33.9 Å². The third-order valence-corrected chi connectivity index (χ3v) is 6.51. The first-order valence-corrected chi connectivity index (χ1v) is 11.7. The van der Waals surface area contributed by atoms with Crippen LogP contribution in [0.5, 0.6) is 11.5 Å². The molecule has 2 aromatic carbocycles. The molecule has 0 saturated carbocycles. The van der Waals surface area contributed by atoms with Crippen LogP contribution in [0.4, 0.5) is 0 Å². The Hall–Kier alpha value is -2.44. The summed E-state index contributed by atoms with van der Waals surface area (Å²) in [5, 5.41) is 3.80. The molecule has 0 bridgehead atoms. The van der Waals surface area contributed by atoms with Crippen LogP contribution in [0.25, 0.3) is 0 Å². The van der Waals surface area contributed by atoms with Crippen LogP contribution in [0.2, 0.25) is 10.0 Å². The van der Waals surface area contributed by atoms with Crippen molar-refractivity contribution in [2.24, 2.45) is 11.8 Å². The molecule has 1 N–H and O–H groups in total. The second kappa shape index (κ2) is 11.1. The lowest BCUT2D eigenvalue weighted by atomic mass is 9.87. The molecule has 1 fully saturated rings. The highest BCUT2D eigenvalue weighted by molar-refractivity contribution is 6.36. The number of benzene rings is 2. The van der Waals surface area contributed by atoms with Gasteiger partial charge in [-0.05, 0) is 36.6 Å². The van der Waals surface area contributed by atoms with Gasteiger partial charge in [0, 0.05) is 42.2 Å². The van der Waals surface area contributed by atoms with Crippen LogP contribution in [0.15, 0.2) is 36.4 Å². The average Bonchev–Trinajstić information content (AvgIpc) is 3.23. The second-order valence-electron chi connectivity index (χ2n) is 8.63. The molecule has 2 atom stereocenters. The van der Waals surface area contributed by atoms with Gasteiger partial charge in [0.25, 0.3) is 5.91 Å². The number of amides is 2. The molecule has 2 aromatic rings. The Bertz CT molecular complexity index is 1010. The lowest BCUT2D eigenvalue weighted by Crippen LogP contribution is -2.36. The summed E-state index contributed by atoms with van der Waals surface area (Å²) in [6.07, 6.45) is 0.887. The van der Waals surface area contributed by atoms with E-state index in [0.717, 1.165) is 12.0 Å². The standard InChI is InChI=1S/C25H30Cl2N2O4/c1-15(2)9-10-28-24(30)21-14-29(25(31)19-7-5-16(26)11-22(19)27)13-20(21)18-8-6-17(32-3)12-23(18)33-4/h5-8,11-12,15,20-21H,9-10,13-14H2,1-4H3,(H,28,30)/t20-,21-/m1/s1. The highest BCUT2D eigenvalue weighted by Crippen LogP contribution is 2.40. The predicted octanol–water partition coefficient (Wildman–Crippen LogP) is 5.03. The van der Waals surface area contributed by atoms with Crippen LogP contribution in [-0.4, -0.2) is 50.6 Å². The fourth-order valence-electron chi connectivity index (χ4n) is 4.12. The first kappa shape index (κ1) is 25.2. The maximum absolute atomic E-state index is 13.3. The lowest BCUT2D eigenvalue weighted by molar-refractivity contribution is -0.124. The Morgan fingerprint density at radius 1 is 1.09 bits per heavy atom. The highest BCUT2D eigenvalue weighted by Gasteiger charge is 2.42. The number of hydrogen-bond donors (Lipinski definition) is 1. The monoisotopic (exact) mass is 492 g/mol. The SMILES string of the molecule is COc1ccc([C@H]2CN(C(=O)c3ccc(Cl)cc3Cl)C[C@H]2C(=O)NCCC(C)C)c(OC)c1. The number of nitrogens with zero attached hydrogens (tertiary/aromatic N) is 1. The number of halogens is 2. The van der Waals surface area contributed by atoms with Gasteiger partial charge in [0.05, 0.1) is 30.7 Å². The minimum absolute atomic E-state index is 0.0731. The molecule has 0 aliphatic carbocycles. The lowest BCUT2D eigenvalue weighted by Gasteiger charge is -2.21. The second-order valence-corrected chi connectivity index (χ2v) is 9.47. The first-order chi connectivity index (χ1) is 15.7. The first-order valence-electron chi connectivity index (χ1n) is 11.0. The summed E-state index contributed by atoms with van der Waals surface area (Å²) in [6.45, 7) is 5.47. The van der Waals surface area contributed by atoms with Gasteiger partial charge in [0.2, 0.25) is 5.91 Å². The molecule has 0 spiro atoms. The number of likely N-dealkylation sites (tertiary alicyclic amines) is 1. The number of nitrogens with one attached hydrogen (secondary N) is 1. The Labute approximate surface area is 205 Å². The van der Waals surface area contributed by atoms with Crippen LogP contribution >= 0.6 is 23.2 Å². The van der Waals surface area contributed by atoms with Gasteiger partial charge in [-0.3, -0.25) is 9.59 Å². The van der Waals surface area contributed by atoms with E-state index in [4.69, 9.17) is 32.7 Å². The van der Waals surface area contributed by atoms with Crippen LogP contribution < -0.4 is 14.8 Å². The zero-order valence-electron chi connectivity index (χ0n) is 19.4. The smallest absolute Gasteiger partial charge is 0.255 e. The number of carbonyl (C=O) groups is 2. The van der Waals surface area contributed by atoms with E-state index in [-0.39, 0.29) is 29.3 Å². The average molecular weight is 493 g/mol. The molecule has 1 aliphatic heterocycles. The summed E-state index contributed by atoms with van der Waals surface area (Å²) >= 11 is 12.3. The van der Waals surface area contributed by atoms with E-state index in [9.17, 15) is 9.59 Å². The topological polar surface area (TPSA) is 67.9 Å². The number of rotatable bonds is 8. The van der Waals surface area contributed by atoms with Gasteiger partial charge >= 0.3 is 0 Å². The van der Waals surface area contributed by atoms with E-state index in [1.54, 1.807) is 43.4 Å². The van der Waals surface area contributed by atoms with E-state index >= 15 is 0 Å². The zero-order valence-corrected chi connectivity index (χ0v) is 20.9. The van der Waals surface area contributed by atoms with Crippen molar-refractivity contribution < 1.29 is 19.1 Å². The van der Waals surface area contributed by atoms with Gasteiger partial charge < -0.3 is 19.7 Å². The van der Waals surface area contributed by atoms with E-state index < -0.39 is 5.92 Å². The molecule has 8 heteroatoms. The van der Waals surface area contributed by atoms with E-state index in [1.165, 1.54) is 0 Å². The van der Waals surface area contributed by atoms with Crippen molar-refractivity contribution in [1.29, 1.82) is 0 Å². The summed E-state index contributed by atoms with van der Waals surface area (Å²) in [5.74, 6) is 0.805. The van der Waals surface area contributed by atoms with Crippen LogP contribution in [0.3, 0.4) is 0 Å². The molecular formula is C25H30Cl2N2O4. The third kappa shape index (κ3) is 5.92. The molecule has 3 rings (SSSR count). The normalized spacial score (nSPS) is 17.8. The molecule has 33 heavy (non-hydrogen) atoms. The van der Waals surface area contributed by atoms with Gasteiger partial charge in [0.15, 0.2) is 0 Å². The maximum atomic E-state index is 13.3. The van der Waals surface area contributed by atoms with Gasteiger partial charge in [-0.1, -0.05) is 43.1 Å². The molecule has 1 saturated heterocycles. The molecular weight excluding hydrogens is 463 g/mol. The van der Waals surface area contributed by atoms with Gasteiger partial charge in [-0.15, -0.1) is 0 Å². The minimum Gasteiger partial charge on any atom is -0.497 e. The Kier molecular flexibility index (Phi) is 8.49. The van der Waals surface area contributed by atoms with Crippen LogP contribution in [0.1, 0.15) is 42.1 Å². The Morgan fingerprint density at radius 3 is 2.48 bits per heavy atom. The molecule has 0 radical (unpaired) electrons. The Morgan fingerprint density at radius 2 is 1.85 bits per heavy atom. The number of hydrogen-bond acceptors (Lipinski definition) is 4. The van der Waals surface area contributed by atoms with E-state index in [1.807, 2.05) is 12.1 Å².